The quantitative estimate of drug-likeness (QED) is 0.672. The third kappa shape index (κ3) is 6.78. The fourth-order valence-corrected chi connectivity index (χ4v) is 1.99. The summed E-state index contributed by atoms with van der Waals surface area (Å²) in [5.41, 5.74) is 1.07. The van der Waals surface area contributed by atoms with E-state index in [9.17, 15) is 9.59 Å². The third-order valence-electron chi connectivity index (χ3n) is 3.00. The maximum atomic E-state index is 11.6. The van der Waals surface area contributed by atoms with Gasteiger partial charge in [-0.05, 0) is 24.8 Å². The number of hydrogen-bond donors (Lipinski definition) is 3. The highest BCUT2D eigenvalue weighted by Crippen LogP contribution is 2.10. The summed E-state index contributed by atoms with van der Waals surface area (Å²) in [5, 5.41) is 18.5. The summed E-state index contributed by atoms with van der Waals surface area (Å²) in [5.74, 6) is -1.15. The molecule has 1 atom stereocenters. The van der Waals surface area contributed by atoms with Gasteiger partial charge in [-0.1, -0.05) is 13.8 Å². The van der Waals surface area contributed by atoms with E-state index < -0.39 is 11.9 Å². The van der Waals surface area contributed by atoms with Gasteiger partial charge in [0, 0.05) is 19.3 Å². The molecule has 1 aromatic heterocycles. The molecule has 0 aliphatic rings. The zero-order valence-electron chi connectivity index (χ0n) is 12.8. The first-order chi connectivity index (χ1) is 9.88. The van der Waals surface area contributed by atoms with Crippen LogP contribution in [0.25, 0.3) is 0 Å². The van der Waals surface area contributed by atoms with Crippen molar-refractivity contribution in [1.82, 2.24) is 20.4 Å². The summed E-state index contributed by atoms with van der Waals surface area (Å²) in [6, 6.07) is -0.353. The normalized spacial score (nSPS) is 12.2. The minimum absolute atomic E-state index is 0.139. The molecule has 2 amide bonds. The SMILES string of the molecule is Cc1cnn(CCNC(=O)NCC(CC(C)C)C(=O)O)c1. The first-order valence-electron chi connectivity index (χ1n) is 7.12. The summed E-state index contributed by atoms with van der Waals surface area (Å²) in [6.45, 7) is 7.03. The van der Waals surface area contributed by atoms with Gasteiger partial charge in [-0.25, -0.2) is 4.79 Å². The molecule has 21 heavy (non-hydrogen) atoms. The lowest BCUT2D eigenvalue weighted by Gasteiger charge is -2.15. The molecule has 0 radical (unpaired) electrons. The lowest BCUT2D eigenvalue weighted by atomic mass is 9.97. The van der Waals surface area contributed by atoms with Crippen molar-refractivity contribution < 1.29 is 14.7 Å². The number of carboxylic acid groups (broad SMARTS) is 1. The second-order valence-corrected chi connectivity index (χ2v) is 5.58. The molecular weight excluding hydrogens is 272 g/mol. The van der Waals surface area contributed by atoms with Crippen LogP contribution in [0.4, 0.5) is 4.79 Å². The highest BCUT2D eigenvalue weighted by molar-refractivity contribution is 5.75. The molecule has 1 aromatic rings. The maximum Gasteiger partial charge on any atom is 0.314 e. The van der Waals surface area contributed by atoms with Gasteiger partial charge >= 0.3 is 12.0 Å². The maximum absolute atomic E-state index is 11.6. The molecule has 3 N–H and O–H groups in total. The van der Waals surface area contributed by atoms with E-state index in [1.807, 2.05) is 27.0 Å². The zero-order valence-corrected chi connectivity index (χ0v) is 12.8. The minimum atomic E-state index is -0.879. The van der Waals surface area contributed by atoms with Gasteiger partial charge in [0.15, 0.2) is 0 Å². The number of rotatable bonds is 8. The van der Waals surface area contributed by atoms with Crippen LogP contribution >= 0.6 is 0 Å². The molecule has 0 saturated heterocycles. The number of nitrogens with zero attached hydrogens (tertiary/aromatic N) is 2. The van der Waals surface area contributed by atoms with Crippen molar-refractivity contribution in [2.75, 3.05) is 13.1 Å². The molecule has 7 heteroatoms. The Balaban J connectivity index is 2.24. The van der Waals surface area contributed by atoms with Crippen molar-refractivity contribution in [1.29, 1.82) is 0 Å². The Labute approximate surface area is 124 Å². The molecule has 118 valence electrons. The topological polar surface area (TPSA) is 96.3 Å². The first kappa shape index (κ1) is 17.0. The van der Waals surface area contributed by atoms with E-state index in [1.165, 1.54) is 0 Å². The largest absolute Gasteiger partial charge is 0.481 e. The number of hydrogen-bond acceptors (Lipinski definition) is 3. The molecule has 0 aromatic carbocycles. The predicted molar refractivity (Wildman–Crippen MR) is 78.9 cm³/mol. The van der Waals surface area contributed by atoms with E-state index in [1.54, 1.807) is 10.9 Å². The van der Waals surface area contributed by atoms with Crippen molar-refractivity contribution in [3.8, 4) is 0 Å². The Kier molecular flexibility index (Phi) is 6.71. The van der Waals surface area contributed by atoms with E-state index in [0.29, 0.717) is 19.5 Å². The van der Waals surface area contributed by atoms with Gasteiger partial charge in [-0.15, -0.1) is 0 Å². The van der Waals surface area contributed by atoms with Crippen LogP contribution in [0.15, 0.2) is 12.4 Å². The molecule has 0 saturated carbocycles. The molecule has 1 unspecified atom stereocenters. The molecule has 0 aliphatic carbocycles. The number of aliphatic carboxylic acids is 1. The fraction of sp³-hybridized carbons (Fsp3) is 0.643. The third-order valence-corrected chi connectivity index (χ3v) is 3.00. The number of aryl methyl sites for hydroxylation is 1. The number of carboxylic acids is 1. The van der Waals surface area contributed by atoms with Crippen molar-refractivity contribution >= 4 is 12.0 Å². The predicted octanol–water partition coefficient (Wildman–Crippen LogP) is 1.24. The first-order valence-corrected chi connectivity index (χ1v) is 7.12. The number of aromatic nitrogens is 2. The Morgan fingerprint density at radius 3 is 2.62 bits per heavy atom. The molecule has 1 rings (SSSR count). The number of urea groups is 1. The van der Waals surface area contributed by atoms with Gasteiger partial charge in [0.2, 0.25) is 0 Å². The average molecular weight is 296 g/mol. The molecule has 0 spiro atoms. The van der Waals surface area contributed by atoms with Crippen molar-refractivity contribution in [2.45, 2.75) is 33.7 Å². The summed E-state index contributed by atoms with van der Waals surface area (Å²) in [6.07, 6.45) is 4.19. The zero-order chi connectivity index (χ0) is 15.8. The van der Waals surface area contributed by atoms with E-state index in [2.05, 4.69) is 15.7 Å². The smallest absolute Gasteiger partial charge is 0.314 e. The van der Waals surface area contributed by atoms with E-state index in [4.69, 9.17) is 5.11 Å². The van der Waals surface area contributed by atoms with Crippen LogP contribution in [0, 0.1) is 18.8 Å². The second-order valence-electron chi connectivity index (χ2n) is 5.58. The van der Waals surface area contributed by atoms with Crippen molar-refractivity contribution in [3.63, 3.8) is 0 Å². The van der Waals surface area contributed by atoms with Crippen LogP contribution < -0.4 is 10.6 Å². The minimum Gasteiger partial charge on any atom is -0.481 e. The second kappa shape index (κ2) is 8.28. The molecule has 7 nitrogen and oxygen atoms in total. The van der Waals surface area contributed by atoms with Crippen LogP contribution in [-0.2, 0) is 11.3 Å². The lowest BCUT2D eigenvalue weighted by Crippen LogP contribution is -2.41. The Bertz CT molecular complexity index is 471. The van der Waals surface area contributed by atoms with Gasteiger partial charge in [0.05, 0.1) is 18.7 Å². The fourth-order valence-electron chi connectivity index (χ4n) is 1.99. The average Bonchev–Trinajstić information content (AvgIpc) is 2.79. The number of nitrogens with one attached hydrogen (secondary N) is 2. The number of carbonyl (C=O) groups is 2. The van der Waals surface area contributed by atoms with Crippen LogP contribution in [0.1, 0.15) is 25.8 Å². The Morgan fingerprint density at radius 2 is 2.10 bits per heavy atom. The monoisotopic (exact) mass is 296 g/mol. The Morgan fingerprint density at radius 1 is 1.38 bits per heavy atom. The van der Waals surface area contributed by atoms with Crippen LogP contribution in [-0.4, -0.2) is 40.0 Å². The van der Waals surface area contributed by atoms with Crippen molar-refractivity contribution in [2.24, 2.45) is 11.8 Å². The van der Waals surface area contributed by atoms with Gasteiger partial charge < -0.3 is 15.7 Å². The summed E-state index contributed by atoms with van der Waals surface area (Å²) < 4.78 is 1.74. The van der Waals surface area contributed by atoms with Gasteiger partial charge in [-0.2, -0.15) is 5.10 Å². The highest BCUT2D eigenvalue weighted by atomic mass is 16.4. The van der Waals surface area contributed by atoms with Crippen LogP contribution in [0.5, 0.6) is 0 Å². The van der Waals surface area contributed by atoms with Crippen LogP contribution in [0.2, 0.25) is 0 Å². The van der Waals surface area contributed by atoms with Gasteiger partial charge in [0.25, 0.3) is 0 Å². The van der Waals surface area contributed by atoms with Crippen LogP contribution in [0.3, 0.4) is 0 Å². The summed E-state index contributed by atoms with van der Waals surface area (Å²) in [4.78, 5) is 22.7. The Hall–Kier alpha value is -2.05. The standard InChI is InChI=1S/C14H24N4O3/c1-10(2)6-12(13(19)20)8-16-14(21)15-4-5-18-9-11(3)7-17-18/h7,9-10,12H,4-6,8H2,1-3H3,(H,19,20)(H2,15,16,21). The van der Waals surface area contributed by atoms with E-state index >= 15 is 0 Å². The van der Waals surface area contributed by atoms with Gasteiger partial charge in [0.1, 0.15) is 0 Å². The summed E-state index contributed by atoms with van der Waals surface area (Å²) in [7, 11) is 0. The lowest BCUT2D eigenvalue weighted by molar-refractivity contribution is -0.142. The van der Waals surface area contributed by atoms with Gasteiger partial charge in [-0.3, -0.25) is 9.48 Å². The number of carbonyl (C=O) groups excluding carboxylic acids is 1. The molecule has 1 heterocycles. The molecule has 0 fully saturated rings. The summed E-state index contributed by atoms with van der Waals surface area (Å²) >= 11 is 0. The number of amides is 2. The van der Waals surface area contributed by atoms with E-state index in [-0.39, 0.29) is 18.5 Å². The molecular formula is C14H24N4O3. The molecule has 0 aliphatic heterocycles. The van der Waals surface area contributed by atoms with Crippen molar-refractivity contribution in [3.05, 3.63) is 18.0 Å². The van der Waals surface area contributed by atoms with E-state index in [0.717, 1.165) is 5.56 Å². The molecule has 0 bridgehead atoms. The highest BCUT2D eigenvalue weighted by Gasteiger charge is 2.19.